The van der Waals surface area contributed by atoms with Gasteiger partial charge in [0.15, 0.2) is 11.0 Å². The van der Waals surface area contributed by atoms with E-state index < -0.39 is 23.7 Å². The lowest BCUT2D eigenvalue weighted by atomic mass is 10.0. The van der Waals surface area contributed by atoms with Crippen molar-refractivity contribution in [3.63, 3.8) is 0 Å². The molecule has 1 atom stereocenters. The molecule has 0 radical (unpaired) electrons. The van der Waals surface area contributed by atoms with Gasteiger partial charge in [-0.25, -0.2) is 13.8 Å². The molecule has 0 N–H and O–H groups in total. The zero-order valence-corrected chi connectivity index (χ0v) is 23.5. The van der Waals surface area contributed by atoms with Crippen molar-refractivity contribution in [1.82, 2.24) is 49.7 Å². The second-order valence-corrected chi connectivity index (χ2v) is 10.2. The molecule has 5 aromatic heterocycles. The van der Waals surface area contributed by atoms with Crippen molar-refractivity contribution in [3.8, 4) is 28.1 Å². The third kappa shape index (κ3) is 5.70. The van der Waals surface area contributed by atoms with Crippen LogP contribution in [-0.4, -0.2) is 49.7 Å². The molecule has 0 aliphatic carbocycles. The third-order valence-corrected chi connectivity index (χ3v) is 7.14. The first-order valence-electron chi connectivity index (χ1n) is 12.5. The summed E-state index contributed by atoms with van der Waals surface area (Å²) < 4.78 is 59.2. The van der Waals surface area contributed by atoms with E-state index in [1.54, 1.807) is 53.2 Å². The van der Waals surface area contributed by atoms with Crippen LogP contribution >= 0.6 is 23.2 Å². The number of pyridine rings is 2. The van der Waals surface area contributed by atoms with E-state index in [9.17, 15) is 13.2 Å². The molecule has 1 aromatic carbocycles. The zero-order chi connectivity index (χ0) is 30.3. The van der Waals surface area contributed by atoms with Gasteiger partial charge in [0.1, 0.15) is 5.69 Å². The Morgan fingerprint density at radius 2 is 1.72 bits per heavy atom. The van der Waals surface area contributed by atoms with Gasteiger partial charge in [0.2, 0.25) is 0 Å². The lowest BCUT2D eigenvalue weighted by molar-refractivity contribution is -0.141. The Hall–Kier alpha value is -4.69. The first-order valence-corrected chi connectivity index (χ1v) is 13.3. The number of hydrogen-bond acceptors (Lipinski definition) is 7. The number of nitrogens with zero attached hydrogens (tertiary/aromatic N) is 10. The Morgan fingerprint density at radius 3 is 2.35 bits per heavy atom. The topological polar surface area (TPSA) is 105 Å². The van der Waals surface area contributed by atoms with Gasteiger partial charge < -0.3 is 0 Å². The molecule has 218 valence electrons. The van der Waals surface area contributed by atoms with E-state index in [1.807, 2.05) is 0 Å². The van der Waals surface area contributed by atoms with Gasteiger partial charge in [-0.3, -0.25) is 14.6 Å². The van der Waals surface area contributed by atoms with Crippen molar-refractivity contribution < 1.29 is 17.6 Å². The molecule has 0 aliphatic rings. The molecule has 0 bridgehead atoms. The zero-order valence-electron chi connectivity index (χ0n) is 22.0. The Morgan fingerprint density at radius 1 is 0.884 bits per heavy atom. The van der Waals surface area contributed by atoms with E-state index in [0.29, 0.717) is 28.2 Å². The fourth-order valence-electron chi connectivity index (χ4n) is 4.58. The Balaban J connectivity index is 1.39. The van der Waals surface area contributed by atoms with Gasteiger partial charge in [-0.1, -0.05) is 45.8 Å². The Bertz CT molecular complexity index is 1900. The van der Waals surface area contributed by atoms with Crippen molar-refractivity contribution in [1.29, 1.82) is 0 Å². The van der Waals surface area contributed by atoms with Gasteiger partial charge in [-0.15, -0.1) is 10.2 Å². The number of rotatable bonds is 7. The highest BCUT2D eigenvalue weighted by atomic mass is 35.5. The number of hydrogen-bond donors (Lipinski definition) is 0. The molecular formula is C27H18Cl2F4N10. The van der Waals surface area contributed by atoms with Crippen molar-refractivity contribution in [3.05, 3.63) is 107 Å². The molecule has 6 aromatic rings. The van der Waals surface area contributed by atoms with E-state index in [1.165, 1.54) is 35.4 Å². The molecule has 16 heteroatoms. The molecule has 0 aliphatic heterocycles. The van der Waals surface area contributed by atoms with Crippen molar-refractivity contribution in [2.24, 2.45) is 7.05 Å². The van der Waals surface area contributed by atoms with Crippen LogP contribution in [0.15, 0.2) is 73.6 Å². The van der Waals surface area contributed by atoms with Gasteiger partial charge in [-0.2, -0.15) is 18.3 Å². The van der Waals surface area contributed by atoms with Crippen molar-refractivity contribution in [2.45, 2.75) is 18.6 Å². The van der Waals surface area contributed by atoms with E-state index >= 15 is 4.39 Å². The summed E-state index contributed by atoms with van der Waals surface area (Å²) in [6.07, 6.45) is 4.70. The van der Waals surface area contributed by atoms with Crippen LogP contribution in [0.4, 0.5) is 17.6 Å². The average Bonchev–Trinajstić information content (AvgIpc) is 3.74. The van der Waals surface area contributed by atoms with Crippen molar-refractivity contribution in [2.75, 3.05) is 0 Å². The van der Waals surface area contributed by atoms with Gasteiger partial charge >= 0.3 is 6.18 Å². The second kappa shape index (κ2) is 11.2. The van der Waals surface area contributed by atoms with Gasteiger partial charge in [0.25, 0.3) is 0 Å². The summed E-state index contributed by atoms with van der Waals surface area (Å²) in [4.78, 5) is 8.20. The summed E-state index contributed by atoms with van der Waals surface area (Å²) in [6, 6.07) is 8.05. The largest absolute Gasteiger partial charge is 0.433 e. The van der Waals surface area contributed by atoms with Gasteiger partial charge in [0, 0.05) is 48.7 Å². The van der Waals surface area contributed by atoms with Crippen LogP contribution in [0.3, 0.4) is 0 Å². The van der Waals surface area contributed by atoms with E-state index in [0.717, 1.165) is 11.6 Å². The second-order valence-electron chi connectivity index (χ2n) is 9.43. The maximum Gasteiger partial charge on any atom is 0.433 e. The highest BCUT2D eigenvalue weighted by Crippen LogP contribution is 2.35. The molecule has 6 rings (SSSR count). The number of aryl methyl sites for hydroxylation is 1. The summed E-state index contributed by atoms with van der Waals surface area (Å²) in [5.74, 6) is -0.686. The first-order chi connectivity index (χ1) is 20.6. The summed E-state index contributed by atoms with van der Waals surface area (Å²) in [5.41, 5.74) is 2.32. The average molecular weight is 629 g/mol. The fraction of sp³-hybridized carbons (Fsp3) is 0.148. The minimum atomic E-state index is -4.56. The minimum absolute atomic E-state index is 0.101. The molecule has 43 heavy (non-hydrogen) atoms. The summed E-state index contributed by atoms with van der Waals surface area (Å²) >= 11 is 12.0. The molecule has 0 saturated carbocycles. The van der Waals surface area contributed by atoms with Gasteiger partial charge in [-0.05, 0) is 29.8 Å². The van der Waals surface area contributed by atoms with Crippen LogP contribution in [0.5, 0.6) is 0 Å². The highest BCUT2D eigenvalue weighted by Gasteiger charge is 2.32. The van der Waals surface area contributed by atoms with Crippen LogP contribution in [0.25, 0.3) is 28.1 Å². The van der Waals surface area contributed by atoms with E-state index in [4.69, 9.17) is 23.2 Å². The third-order valence-electron chi connectivity index (χ3n) is 6.68. The molecule has 0 saturated heterocycles. The maximum atomic E-state index is 15.4. The van der Waals surface area contributed by atoms with Crippen LogP contribution in [0.1, 0.15) is 23.0 Å². The van der Waals surface area contributed by atoms with Crippen molar-refractivity contribution >= 4 is 23.2 Å². The quantitative estimate of drug-likeness (QED) is 0.199. The molecule has 5 heterocycles. The SMILES string of the molecule is Cn1nncc1-c1cnn([C@H](Cc2ccc(C(F)(F)F)nc2)c2ccc(-c3c(-n4cc(Cl)nn4)ccc(Cl)c3F)cn2)c1. The fourth-order valence-corrected chi connectivity index (χ4v) is 4.86. The maximum absolute atomic E-state index is 15.4. The number of benzene rings is 1. The lowest BCUT2D eigenvalue weighted by Gasteiger charge is -2.19. The first kappa shape index (κ1) is 28.4. The molecule has 0 amide bonds. The number of aromatic nitrogens is 10. The standard InChI is InChI=1S/C27H18Cl2F4N10/c1-41-22(12-36-39-41)17-11-37-42(13-17)21(8-15-2-7-23(35-9-15)27(31,32)33)19-5-3-16(10-34-19)25-20(6-4-18(28)26(25)30)43-14-24(29)38-40-43/h2-7,9-14,21H,8H2,1H3/t21-/m1/s1. The number of alkyl halides is 3. The predicted octanol–water partition coefficient (Wildman–Crippen LogP) is 6.01. The Kier molecular flexibility index (Phi) is 7.40. The molecule has 0 unspecified atom stereocenters. The van der Waals surface area contributed by atoms with Crippen LogP contribution < -0.4 is 0 Å². The summed E-state index contributed by atoms with van der Waals surface area (Å²) in [7, 11) is 1.74. The van der Waals surface area contributed by atoms with Crippen LogP contribution in [0, 0.1) is 5.82 Å². The predicted molar refractivity (Wildman–Crippen MR) is 148 cm³/mol. The van der Waals surface area contributed by atoms with Crippen LogP contribution in [0.2, 0.25) is 10.2 Å². The lowest BCUT2D eigenvalue weighted by Crippen LogP contribution is -2.16. The number of halogens is 6. The Labute approximate surface area is 250 Å². The van der Waals surface area contributed by atoms with Crippen LogP contribution in [-0.2, 0) is 19.6 Å². The summed E-state index contributed by atoms with van der Waals surface area (Å²) in [5, 5.41) is 20.0. The highest BCUT2D eigenvalue weighted by molar-refractivity contribution is 6.31. The molecule has 0 fully saturated rings. The van der Waals surface area contributed by atoms with E-state index in [2.05, 4.69) is 35.7 Å². The molecule has 10 nitrogen and oxygen atoms in total. The molecular weight excluding hydrogens is 611 g/mol. The van der Waals surface area contributed by atoms with E-state index in [-0.39, 0.29) is 22.2 Å². The molecule has 0 spiro atoms. The smallest absolute Gasteiger partial charge is 0.263 e. The summed E-state index contributed by atoms with van der Waals surface area (Å²) in [6.45, 7) is 0. The van der Waals surface area contributed by atoms with Gasteiger partial charge in [0.05, 0.1) is 46.7 Å². The normalized spacial score (nSPS) is 12.5. The monoisotopic (exact) mass is 628 g/mol. The minimum Gasteiger partial charge on any atom is -0.263 e.